The van der Waals surface area contributed by atoms with Gasteiger partial charge in [0, 0.05) is 6.54 Å². The van der Waals surface area contributed by atoms with Gasteiger partial charge in [0.1, 0.15) is 16.8 Å². The number of carbonyl (C=O) groups is 1. The molecule has 22 heavy (non-hydrogen) atoms. The van der Waals surface area contributed by atoms with Gasteiger partial charge in [-0.15, -0.1) is 0 Å². The molecule has 0 aromatic heterocycles. The molecule has 5 nitrogen and oxygen atoms in total. The maximum atomic E-state index is 13.8. The minimum absolute atomic E-state index is 0.0663. The van der Waals surface area contributed by atoms with Crippen LogP contribution in [-0.2, 0) is 21.0 Å². The van der Waals surface area contributed by atoms with Crippen molar-refractivity contribution in [2.24, 2.45) is 0 Å². The van der Waals surface area contributed by atoms with Crippen LogP contribution >= 0.6 is 0 Å². The topological polar surface area (TPSA) is 74.7 Å². The number of nitrogens with zero attached hydrogens (tertiary/aromatic N) is 1. The molecular formula is C12H11F4NO4S. The van der Waals surface area contributed by atoms with Gasteiger partial charge in [0.25, 0.3) is 0 Å². The molecule has 0 unspecified atom stereocenters. The van der Waals surface area contributed by atoms with E-state index < -0.39 is 44.5 Å². The van der Waals surface area contributed by atoms with Crippen LogP contribution in [-0.4, -0.2) is 36.4 Å². The molecule has 1 saturated heterocycles. The van der Waals surface area contributed by atoms with Crippen LogP contribution in [0.3, 0.4) is 0 Å². The molecule has 122 valence electrons. The molecule has 0 bridgehead atoms. The van der Waals surface area contributed by atoms with E-state index >= 15 is 0 Å². The fourth-order valence-electron chi connectivity index (χ4n) is 2.29. The lowest BCUT2D eigenvalue weighted by molar-refractivity contribution is -0.140. The Bertz CT molecular complexity index is 702. The monoisotopic (exact) mass is 341 g/mol. The van der Waals surface area contributed by atoms with Gasteiger partial charge in [-0.2, -0.15) is 17.5 Å². The van der Waals surface area contributed by atoms with Crippen LogP contribution in [0.1, 0.15) is 18.4 Å². The van der Waals surface area contributed by atoms with Crippen molar-refractivity contribution in [1.29, 1.82) is 0 Å². The van der Waals surface area contributed by atoms with Crippen molar-refractivity contribution in [3.05, 3.63) is 29.6 Å². The summed E-state index contributed by atoms with van der Waals surface area (Å²) in [5.41, 5.74) is -1.32. The number of hydrogen-bond donors (Lipinski definition) is 1. The highest BCUT2D eigenvalue weighted by Gasteiger charge is 2.41. The number of carboxylic acid groups (broad SMARTS) is 1. The van der Waals surface area contributed by atoms with Gasteiger partial charge in [-0.1, -0.05) is 0 Å². The zero-order valence-electron chi connectivity index (χ0n) is 11.0. The van der Waals surface area contributed by atoms with E-state index in [4.69, 9.17) is 5.11 Å². The Labute approximate surface area is 123 Å². The van der Waals surface area contributed by atoms with Crippen LogP contribution in [0.2, 0.25) is 0 Å². The number of sulfonamides is 1. The molecule has 2 rings (SSSR count). The summed E-state index contributed by atoms with van der Waals surface area (Å²) >= 11 is 0. The van der Waals surface area contributed by atoms with Crippen molar-refractivity contribution >= 4 is 16.0 Å². The second kappa shape index (κ2) is 5.51. The van der Waals surface area contributed by atoms with Gasteiger partial charge in [0.05, 0.1) is 5.56 Å². The third kappa shape index (κ3) is 2.93. The van der Waals surface area contributed by atoms with Crippen molar-refractivity contribution < 1.29 is 35.9 Å². The van der Waals surface area contributed by atoms with Crippen LogP contribution in [0.25, 0.3) is 0 Å². The molecule has 1 aliphatic rings. The standard InChI is InChI=1S/C12H11F4NO4S/c13-8-6-7(12(14,15)16)3-4-10(8)22(20,21)17-5-1-2-9(17)11(18)19/h3-4,6,9H,1-2,5H2,(H,18,19)/t9-/m0/s1. The van der Waals surface area contributed by atoms with Crippen molar-refractivity contribution in [2.45, 2.75) is 30.0 Å². The largest absolute Gasteiger partial charge is 0.480 e. The molecule has 1 aromatic carbocycles. The van der Waals surface area contributed by atoms with Gasteiger partial charge in [-0.3, -0.25) is 4.79 Å². The Hall–Kier alpha value is -1.68. The lowest BCUT2D eigenvalue weighted by Gasteiger charge is -2.21. The summed E-state index contributed by atoms with van der Waals surface area (Å²) in [4.78, 5) is 10.0. The Morgan fingerprint density at radius 2 is 1.95 bits per heavy atom. The SMILES string of the molecule is O=C(O)[C@@H]1CCCN1S(=O)(=O)c1ccc(C(F)(F)F)cc1F. The van der Waals surface area contributed by atoms with Crippen LogP contribution in [0.4, 0.5) is 17.6 Å². The number of aliphatic carboxylic acids is 1. The summed E-state index contributed by atoms with van der Waals surface area (Å²) in [7, 11) is -4.52. The molecule has 0 aliphatic carbocycles. The van der Waals surface area contributed by atoms with Crippen LogP contribution in [0.5, 0.6) is 0 Å². The third-order valence-electron chi connectivity index (χ3n) is 3.33. The molecule has 0 saturated carbocycles. The maximum Gasteiger partial charge on any atom is 0.416 e. The predicted molar refractivity (Wildman–Crippen MR) is 66.0 cm³/mol. The van der Waals surface area contributed by atoms with Gasteiger partial charge in [0.2, 0.25) is 10.0 Å². The first-order valence-electron chi connectivity index (χ1n) is 6.16. The number of halogens is 4. The molecule has 1 atom stereocenters. The van der Waals surface area contributed by atoms with Gasteiger partial charge in [0.15, 0.2) is 0 Å². The maximum absolute atomic E-state index is 13.8. The van der Waals surface area contributed by atoms with E-state index in [0.717, 1.165) is 0 Å². The summed E-state index contributed by atoms with van der Waals surface area (Å²) in [5, 5.41) is 8.97. The number of hydrogen-bond acceptors (Lipinski definition) is 3. The second-order valence-electron chi connectivity index (χ2n) is 4.75. The highest BCUT2D eigenvalue weighted by atomic mass is 32.2. The van der Waals surface area contributed by atoms with Gasteiger partial charge in [-0.05, 0) is 31.0 Å². The smallest absolute Gasteiger partial charge is 0.416 e. The number of rotatable bonds is 3. The normalized spacial score (nSPS) is 20.3. The zero-order valence-corrected chi connectivity index (χ0v) is 11.8. The molecular weight excluding hydrogens is 330 g/mol. The number of carboxylic acids is 1. The average Bonchev–Trinajstić information content (AvgIpc) is 2.87. The Balaban J connectivity index is 2.44. The third-order valence-corrected chi connectivity index (χ3v) is 5.28. The van der Waals surface area contributed by atoms with Crippen molar-refractivity contribution in [3.63, 3.8) is 0 Å². The second-order valence-corrected chi connectivity index (χ2v) is 6.61. The van der Waals surface area contributed by atoms with E-state index in [1.807, 2.05) is 0 Å². The summed E-state index contributed by atoms with van der Waals surface area (Å²) < 4.78 is 76.3. The summed E-state index contributed by atoms with van der Waals surface area (Å²) in [6.07, 6.45) is -4.46. The first-order valence-corrected chi connectivity index (χ1v) is 7.60. The molecule has 1 heterocycles. The summed E-state index contributed by atoms with van der Waals surface area (Å²) in [6, 6.07) is -0.308. The highest BCUT2D eigenvalue weighted by Crippen LogP contribution is 2.33. The molecule has 0 radical (unpaired) electrons. The van der Waals surface area contributed by atoms with Crippen LogP contribution in [0.15, 0.2) is 23.1 Å². The molecule has 1 aromatic rings. The average molecular weight is 341 g/mol. The minimum atomic E-state index is -4.81. The Morgan fingerprint density at radius 1 is 1.32 bits per heavy atom. The van der Waals surface area contributed by atoms with Gasteiger partial charge >= 0.3 is 12.1 Å². The predicted octanol–water partition coefficient (Wildman–Crippen LogP) is 2.08. The Kier molecular flexibility index (Phi) is 4.18. The van der Waals surface area contributed by atoms with E-state index in [0.29, 0.717) is 16.4 Å². The molecule has 1 aliphatic heterocycles. The number of alkyl halides is 3. The van der Waals surface area contributed by atoms with Crippen molar-refractivity contribution in [2.75, 3.05) is 6.54 Å². The Morgan fingerprint density at radius 3 is 2.45 bits per heavy atom. The quantitative estimate of drug-likeness (QED) is 0.854. The summed E-state index contributed by atoms with van der Waals surface area (Å²) in [6.45, 7) is -0.125. The van der Waals surface area contributed by atoms with Gasteiger partial charge < -0.3 is 5.11 Å². The first-order chi connectivity index (χ1) is 10.0. The van der Waals surface area contributed by atoms with Crippen LogP contribution in [0, 0.1) is 5.82 Å². The van der Waals surface area contributed by atoms with E-state index in [2.05, 4.69) is 0 Å². The van der Waals surface area contributed by atoms with E-state index in [1.165, 1.54) is 0 Å². The summed E-state index contributed by atoms with van der Waals surface area (Å²) in [5.74, 6) is -2.95. The molecule has 1 N–H and O–H groups in total. The van der Waals surface area contributed by atoms with Crippen molar-refractivity contribution in [1.82, 2.24) is 4.31 Å². The van der Waals surface area contributed by atoms with Gasteiger partial charge in [-0.25, -0.2) is 12.8 Å². The number of benzene rings is 1. The first kappa shape index (κ1) is 16.7. The van der Waals surface area contributed by atoms with Crippen LogP contribution < -0.4 is 0 Å². The molecule has 0 spiro atoms. The van der Waals surface area contributed by atoms with E-state index in [1.54, 1.807) is 0 Å². The zero-order chi connectivity index (χ0) is 16.7. The fourth-order valence-corrected chi connectivity index (χ4v) is 3.99. The lowest BCUT2D eigenvalue weighted by Crippen LogP contribution is -2.40. The fraction of sp³-hybridized carbons (Fsp3) is 0.417. The molecule has 10 heteroatoms. The highest BCUT2D eigenvalue weighted by molar-refractivity contribution is 7.89. The van der Waals surface area contributed by atoms with Crippen molar-refractivity contribution in [3.8, 4) is 0 Å². The van der Waals surface area contributed by atoms with E-state index in [-0.39, 0.29) is 25.5 Å². The lowest BCUT2D eigenvalue weighted by atomic mass is 10.2. The minimum Gasteiger partial charge on any atom is -0.480 e. The van der Waals surface area contributed by atoms with E-state index in [9.17, 15) is 30.8 Å². The molecule has 0 amide bonds. The molecule has 1 fully saturated rings.